The standard InChI is InChI=1S/C16H23BrClNO/c1-2-9-19-16(8-6-13-4-3-10-20-13)14-7-5-12(18)11-15(14)17/h5,7,11,13,16,19H,2-4,6,8-10H2,1H3. The molecule has 1 aliphatic heterocycles. The zero-order valence-electron chi connectivity index (χ0n) is 12.0. The van der Waals surface area contributed by atoms with E-state index in [9.17, 15) is 0 Å². The number of hydrogen-bond donors (Lipinski definition) is 1. The van der Waals surface area contributed by atoms with Gasteiger partial charge >= 0.3 is 0 Å². The van der Waals surface area contributed by atoms with Gasteiger partial charge in [0, 0.05) is 22.1 Å². The molecule has 0 amide bonds. The topological polar surface area (TPSA) is 21.3 Å². The van der Waals surface area contributed by atoms with E-state index in [0.717, 1.165) is 41.9 Å². The van der Waals surface area contributed by atoms with Crippen molar-refractivity contribution in [2.45, 2.75) is 51.2 Å². The van der Waals surface area contributed by atoms with Crippen molar-refractivity contribution in [2.75, 3.05) is 13.2 Å². The molecule has 1 aromatic rings. The van der Waals surface area contributed by atoms with Crippen LogP contribution in [0.5, 0.6) is 0 Å². The molecule has 112 valence electrons. The fourth-order valence-corrected chi connectivity index (χ4v) is 3.65. The molecule has 0 aromatic heterocycles. The first-order chi connectivity index (χ1) is 9.70. The molecule has 1 aromatic carbocycles. The fraction of sp³-hybridized carbons (Fsp3) is 0.625. The van der Waals surface area contributed by atoms with Crippen LogP contribution in [0.3, 0.4) is 0 Å². The second kappa shape index (κ2) is 8.38. The number of rotatable bonds is 7. The maximum absolute atomic E-state index is 6.04. The van der Waals surface area contributed by atoms with E-state index < -0.39 is 0 Å². The number of halogens is 2. The normalized spacial score (nSPS) is 20.2. The van der Waals surface area contributed by atoms with Crippen molar-refractivity contribution in [3.05, 3.63) is 33.3 Å². The van der Waals surface area contributed by atoms with Gasteiger partial charge in [-0.25, -0.2) is 0 Å². The van der Waals surface area contributed by atoms with Gasteiger partial charge in [-0.1, -0.05) is 40.5 Å². The van der Waals surface area contributed by atoms with E-state index >= 15 is 0 Å². The second-order valence-electron chi connectivity index (χ2n) is 5.38. The largest absolute Gasteiger partial charge is 0.378 e. The highest BCUT2D eigenvalue weighted by Crippen LogP contribution is 2.30. The second-order valence-corrected chi connectivity index (χ2v) is 6.68. The van der Waals surface area contributed by atoms with Crippen molar-refractivity contribution >= 4 is 27.5 Å². The van der Waals surface area contributed by atoms with Crippen molar-refractivity contribution in [2.24, 2.45) is 0 Å². The summed E-state index contributed by atoms with van der Waals surface area (Å²) >= 11 is 9.67. The first-order valence-electron chi connectivity index (χ1n) is 7.50. The summed E-state index contributed by atoms with van der Waals surface area (Å²) < 4.78 is 6.82. The van der Waals surface area contributed by atoms with E-state index in [4.69, 9.17) is 16.3 Å². The Bertz CT molecular complexity index is 421. The van der Waals surface area contributed by atoms with Crippen LogP contribution in [0.2, 0.25) is 5.02 Å². The number of nitrogens with one attached hydrogen (secondary N) is 1. The smallest absolute Gasteiger partial charge is 0.0576 e. The highest BCUT2D eigenvalue weighted by atomic mass is 79.9. The Morgan fingerprint density at radius 3 is 3.00 bits per heavy atom. The molecule has 1 heterocycles. The Hall–Kier alpha value is -0.0900. The monoisotopic (exact) mass is 359 g/mol. The lowest BCUT2D eigenvalue weighted by molar-refractivity contribution is 0.0995. The lowest BCUT2D eigenvalue weighted by atomic mass is 9.99. The van der Waals surface area contributed by atoms with E-state index in [0.29, 0.717) is 12.1 Å². The molecule has 2 rings (SSSR count). The van der Waals surface area contributed by atoms with Crippen LogP contribution in [0, 0.1) is 0 Å². The lowest BCUT2D eigenvalue weighted by Crippen LogP contribution is -2.24. The minimum Gasteiger partial charge on any atom is -0.378 e. The SMILES string of the molecule is CCCNC(CCC1CCCO1)c1ccc(Cl)cc1Br. The maximum atomic E-state index is 6.04. The van der Waals surface area contributed by atoms with Gasteiger partial charge in [0.1, 0.15) is 0 Å². The van der Waals surface area contributed by atoms with Gasteiger partial charge < -0.3 is 10.1 Å². The van der Waals surface area contributed by atoms with Gasteiger partial charge in [0.25, 0.3) is 0 Å². The molecule has 1 aliphatic rings. The van der Waals surface area contributed by atoms with Crippen LogP contribution in [0.1, 0.15) is 50.6 Å². The fourth-order valence-electron chi connectivity index (χ4n) is 2.69. The van der Waals surface area contributed by atoms with E-state index in [1.807, 2.05) is 12.1 Å². The third-order valence-corrected chi connectivity index (χ3v) is 4.70. The highest BCUT2D eigenvalue weighted by Gasteiger charge is 2.20. The van der Waals surface area contributed by atoms with Crippen LogP contribution in [0.25, 0.3) is 0 Å². The van der Waals surface area contributed by atoms with Crippen LogP contribution in [0.4, 0.5) is 0 Å². The molecule has 0 spiro atoms. The molecule has 2 atom stereocenters. The summed E-state index contributed by atoms with van der Waals surface area (Å²) in [6.07, 6.45) is 6.24. The van der Waals surface area contributed by atoms with Crippen molar-refractivity contribution in [3.63, 3.8) is 0 Å². The first kappa shape index (κ1) is 16.3. The summed E-state index contributed by atoms with van der Waals surface area (Å²) in [6, 6.07) is 6.43. The summed E-state index contributed by atoms with van der Waals surface area (Å²) in [7, 11) is 0. The summed E-state index contributed by atoms with van der Waals surface area (Å²) in [4.78, 5) is 0. The predicted molar refractivity (Wildman–Crippen MR) is 88.4 cm³/mol. The lowest BCUT2D eigenvalue weighted by Gasteiger charge is -2.22. The van der Waals surface area contributed by atoms with Crippen molar-refractivity contribution in [1.29, 1.82) is 0 Å². The zero-order chi connectivity index (χ0) is 14.4. The molecule has 1 fully saturated rings. The molecule has 0 radical (unpaired) electrons. The molecular formula is C16H23BrClNO. The Morgan fingerprint density at radius 2 is 2.35 bits per heavy atom. The van der Waals surface area contributed by atoms with Gasteiger partial charge in [0.2, 0.25) is 0 Å². The molecule has 2 unspecified atom stereocenters. The van der Waals surface area contributed by atoms with Crippen LogP contribution < -0.4 is 5.32 Å². The Kier molecular flexibility index (Phi) is 6.82. The highest BCUT2D eigenvalue weighted by molar-refractivity contribution is 9.10. The molecule has 0 saturated carbocycles. The molecule has 1 saturated heterocycles. The number of ether oxygens (including phenoxy) is 1. The van der Waals surface area contributed by atoms with E-state index in [1.54, 1.807) is 0 Å². The zero-order valence-corrected chi connectivity index (χ0v) is 14.3. The van der Waals surface area contributed by atoms with E-state index in [2.05, 4.69) is 34.2 Å². The molecule has 2 nitrogen and oxygen atoms in total. The van der Waals surface area contributed by atoms with Gasteiger partial charge in [-0.05, 0) is 56.3 Å². The van der Waals surface area contributed by atoms with Crippen LogP contribution >= 0.6 is 27.5 Å². The molecule has 20 heavy (non-hydrogen) atoms. The van der Waals surface area contributed by atoms with Crippen LogP contribution in [-0.4, -0.2) is 19.3 Å². The molecule has 0 aliphatic carbocycles. The van der Waals surface area contributed by atoms with Crippen molar-refractivity contribution < 1.29 is 4.74 Å². The van der Waals surface area contributed by atoms with E-state index in [1.165, 1.54) is 18.4 Å². The Morgan fingerprint density at radius 1 is 1.50 bits per heavy atom. The molecule has 4 heteroatoms. The molecular weight excluding hydrogens is 338 g/mol. The average molecular weight is 361 g/mol. The molecule has 0 bridgehead atoms. The Labute approximate surface area is 135 Å². The summed E-state index contributed by atoms with van der Waals surface area (Å²) in [5, 5.41) is 4.41. The predicted octanol–water partition coefficient (Wildman–Crippen LogP) is 5.10. The third kappa shape index (κ3) is 4.73. The van der Waals surface area contributed by atoms with Crippen LogP contribution in [0.15, 0.2) is 22.7 Å². The summed E-state index contributed by atoms with van der Waals surface area (Å²) in [5.41, 5.74) is 1.29. The maximum Gasteiger partial charge on any atom is 0.0576 e. The van der Waals surface area contributed by atoms with E-state index in [-0.39, 0.29) is 0 Å². The average Bonchev–Trinajstić information content (AvgIpc) is 2.93. The number of hydrogen-bond acceptors (Lipinski definition) is 2. The van der Waals surface area contributed by atoms with Gasteiger partial charge in [0.05, 0.1) is 6.10 Å². The van der Waals surface area contributed by atoms with Crippen LogP contribution in [-0.2, 0) is 4.74 Å². The summed E-state index contributed by atoms with van der Waals surface area (Å²) in [6.45, 7) is 4.16. The third-order valence-electron chi connectivity index (χ3n) is 3.78. The molecule has 1 N–H and O–H groups in total. The van der Waals surface area contributed by atoms with Gasteiger partial charge in [0.15, 0.2) is 0 Å². The quantitative estimate of drug-likeness (QED) is 0.730. The Balaban J connectivity index is 2.01. The minimum absolute atomic E-state index is 0.366. The van der Waals surface area contributed by atoms with Gasteiger partial charge in [-0.2, -0.15) is 0 Å². The summed E-state index contributed by atoms with van der Waals surface area (Å²) in [5.74, 6) is 0. The number of benzene rings is 1. The van der Waals surface area contributed by atoms with Crippen molar-refractivity contribution in [1.82, 2.24) is 5.32 Å². The first-order valence-corrected chi connectivity index (χ1v) is 8.67. The van der Waals surface area contributed by atoms with Gasteiger partial charge in [-0.15, -0.1) is 0 Å². The van der Waals surface area contributed by atoms with Gasteiger partial charge in [-0.3, -0.25) is 0 Å². The minimum atomic E-state index is 0.366. The van der Waals surface area contributed by atoms with Crippen molar-refractivity contribution in [3.8, 4) is 0 Å².